The van der Waals surface area contributed by atoms with Gasteiger partial charge in [0.1, 0.15) is 0 Å². The van der Waals surface area contributed by atoms with Crippen molar-refractivity contribution >= 4 is 32.3 Å². The second-order valence-corrected chi connectivity index (χ2v) is 15.3. The first-order valence-electron chi connectivity index (χ1n) is 20.3. The van der Waals surface area contributed by atoms with Crippen LogP contribution in [0.25, 0.3) is 111 Å². The van der Waals surface area contributed by atoms with Crippen molar-refractivity contribution in [2.24, 2.45) is 0 Å². The highest BCUT2D eigenvalue weighted by Gasteiger charge is 2.15. The van der Waals surface area contributed by atoms with Gasteiger partial charge in [-0.2, -0.15) is 0 Å². The summed E-state index contributed by atoms with van der Waals surface area (Å²) in [7, 11) is 0. The molecular formula is C57H37N3. The predicted octanol–water partition coefficient (Wildman–Crippen LogP) is 15.0. The van der Waals surface area contributed by atoms with Gasteiger partial charge in [-0.05, 0) is 101 Å². The van der Waals surface area contributed by atoms with E-state index in [0.29, 0.717) is 17.5 Å². The number of hydrogen-bond acceptors (Lipinski definition) is 3. The molecule has 0 aliphatic carbocycles. The first-order valence-corrected chi connectivity index (χ1v) is 20.3. The summed E-state index contributed by atoms with van der Waals surface area (Å²) in [5, 5.41) is 7.24. The maximum atomic E-state index is 5.16. The van der Waals surface area contributed by atoms with Crippen LogP contribution >= 0.6 is 0 Å². The van der Waals surface area contributed by atoms with Crippen molar-refractivity contribution in [1.82, 2.24) is 15.0 Å². The fourth-order valence-electron chi connectivity index (χ4n) is 8.30. The highest BCUT2D eigenvalue weighted by atomic mass is 15.0. The number of hydrogen-bond donors (Lipinski definition) is 0. The van der Waals surface area contributed by atoms with E-state index >= 15 is 0 Å². The zero-order chi connectivity index (χ0) is 39.8. The Morgan fingerprint density at radius 3 is 1.28 bits per heavy atom. The molecule has 11 aromatic rings. The van der Waals surface area contributed by atoms with Crippen molar-refractivity contribution in [3.63, 3.8) is 0 Å². The fraction of sp³-hybridized carbons (Fsp3) is 0. The smallest absolute Gasteiger partial charge is 0.164 e. The molecule has 3 nitrogen and oxygen atoms in total. The summed E-state index contributed by atoms with van der Waals surface area (Å²) in [4.78, 5) is 15.4. The van der Waals surface area contributed by atoms with Crippen molar-refractivity contribution < 1.29 is 0 Å². The lowest BCUT2D eigenvalue weighted by atomic mass is 9.96. The standard InChI is InChI=1S/C57H37N3/c1-2-10-38(11-3-1)47-30-31-50-37-52(33-32-49(50)35-47)57-59-55(44-27-22-41(23-28-44)48-29-24-39-12-4-5-14-45(39)34-48)58-56(60-57)51-17-8-16-46(36-51)40-20-25-43(26-21-40)54-19-9-15-42-13-6-7-18-53(42)54/h1-37H. The maximum Gasteiger partial charge on any atom is 0.164 e. The van der Waals surface area contributed by atoms with E-state index in [9.17, 15) is 0 Å². The van der Waals surface area contributed by atoms with Crippen LogP contribution in [0.3, 0.4) is 0 Å². The summed E-state index contributed by atoms with van der Waals surface area (Å²) in [6.07, 6.45) is 0. The lowest BCUT2D eigenvalue weighted by Crippen LogP contribution is -2.00. The molecule has 1 aromatic heterocycles. The highest BCUT2D eigenvalue weighted by Crippen LogP contribution is 2.34. The average Bonchev–Trinajstić information content (AvgIpc) is 3.33. The summed E-state index contributed by atoms with van der Waals surface area (Å²) in [5.74, 6) is 1.89. The number of rotatable bonds is 7. The van der Waals surface area contributed by atoms with E-state index < -0.39 is 0 Å². The Hall–Kier alpha value is -8.01. The lowest BCUT2D eigenvalue weighted by molar-refractivity contribution is 1.07. The lowest BCUT2D eigenvalue weighted by Gasteiger charge is -2.12. The maximum absolute atomic E-state index is 5.16. The third-order valence-corrected chi connectivity index (χ3v) is 11.5. The van der Waals surface area contributed by atoms with E-state index in [0.717, 1.165) is 44.2 Å². The minimum absolute atomic E-state index is 0.627. The molecule has 0 unspecified atom stereocenters. The van der Waals surface area contributed by atoms with E-state index in [1.807, 2.05) is 6.07 Å². The van der Waals surface area contributed by atoms with E-state index in [1.54, 1.807) is 0 Å². The molecule has 280 valence electrons. The molecule has 0 radical (unpaired) electrons. The van der Waals surface area contributed by atoms with Gasteiger partial charge in [-0.25, -0.2) is 15.0 Å². The van der Waals surface area contributed by atoms with Gasteiger partial charge < -0.3 is 0 Å². The van der Waals surface area contributed by atoms with Gasteiger partial charge in [0.2, 0.25) is 0 Å². The van der Waals surface area contributed by atoms with Crippen molar-refractivity contribution in [2.75, 3.05) is 0 Å². The molecular weight excluding hydrogens is 727 g/mol. The molecule has 60 heavy (non-hydrogen) atoms. The van der Waals surface area contributed by atoms with Crippen LogP contribution in [0, 0.1) is 0 Å². The monoisotopic (exact) mass is 763 g/mol. The van der Waals surface area contributed by atoms with Crippen LogP contribution in [0.2, 0.25) is 0 Å². The summed E-state index contributed by atoms with van der Waals surface area (Å²) < 4.78 is 0. The number of fused-ring (bicyclic) bond motifs is 3. The number of nitrogens with zero attached hydrogens (tertiary/aromatic N) is 3. The Labute approximate surface area is 349 Å². The molecule has 10 aromatic carbocycles. The Kier molecular flexibility index (Phi) is 8.83. The first kappa shape index (κ1) is 35.2. The fourth-order valence-corrected chi connectivity index (χ4v) is 8.30. The zero-order valence-corrected chi connectivity index (χ0v) is 32.7. The van der Waals surface area contributed by atoms with Gasteiger partial charge in [0, 0.05) is 16.7 Å². The molecule has 0 spiro atoms. The number of aromatic nitrogens is 3. The van der Waals surface area contributed by atoms with E-state index in [-0.39, 0.29) is 0 Å². The predicted molar refractivity (Wildman–Crippen MR) is 250 cm³/mol. The Morgan fingerprint density at radius 1 is 0.200 bits per heavy atom. The van der Waals surface area contributed by atoms with Crippen molar-refractivity contribution in [2.45, 2.75) is 0 Å². The van der Waals surface area contributed by atoms with Crippen LogP contribution in [0.1, 0.15) is 0 Å². The topological polar surface area (TPSA) is 38.7 Å². The normalized spacial score (nSPS) is 11.3. The Morgan fingerprint density at radius 2 is 0.583 bits per heavy atom. The summed E-state index contributed by atoms with van der Waals surface area (Å²) in [6, 6.07) is 79.6. The summed E-state index contributed by atoms with van der Waals surface area (Å²) >= 11 is 0. The third kappa shape index (κ3) is 6.78. The molecule has 0 amide bonds. The van der Waals surface area contributed by atoms with E-state index in [1.165, 1.54) is 49.4 Å². The molecule has 0 bridgehead atoms. The SMILES string of the molecule is c1ccc(-c2ccc3cc(-c4nc(-c5ccc(-c6ccc7ccccc7c6)cc5)nc(-c5cccc(-c6ccc(-c7cccc8ccccc78)cc6)c5)n4)ccc3c2)cc1. The van der Waals surface area contributed by atoms with Crippen LogP contribution in [0.4, 0.5) is 0 Å². The van der Waals surface area contributed by atoms with E-state index in [2.05, 4.69) is 218 Å². The van der Waals surface area contributed by atoms with Crippen LogP contribution in [-0.4, -0.2) is 15.0 Å². The van der Waals surface area contributed by atoms with Crippen LogP contribution < -0.4 is 0 Å². The van der Waals surface area contributed by atoms with Crippen molar-refractivity contribution in [1.29, 1.82) is 0 Å². The van der Waals surface area contributed by atoms with Gasteiger partial charge in [-0.3, -0.25) is 0 Å². The molecule has 0 N–H and O–H groups in total. The van der Waals surface area contributed by atoms with Crippen LogP contribution in [0.5, 0.6) is 0 Å². The molecule has 11 rings (SSSR count). The average molecular weight is 764 g/mol. The van der Waals surface area contributed by atoms with Gasteiger partial charge in [0.05, 0.1) is 0 Å². The largest absolute Gasteiger partial charge is 0.208 e. The quantitative estimate of drug-likeness (QED) is 0.162. The molecule has 0 aliphatic rings. The molecule has 0 fully saturated rings. The van der Waals surface area contributed by atoms with Crippen molar-refractivity contribution in [3.8, 4) is 78.7 Å². The molecule has 0 saturated carbocycles. The zero-order valence-electron chi connectivity index (χ0n) is 32.7. The van der Waals surface area contributed by atoms with Gasteiger partial charge in [-0.1, -0.05) is 200 Å². The highest BCUT2D eigenvalue weighted by molar-refractivity contribution is 5.97. The van der Waals surface area contributed by atoms with Gasteiger partial charge in [0.25, 0.3) is 0 Å². The Bertz CT molecular complexity index is 3350. The third-order valence-electron chi connectivity index (χ3n) is 11.5. The van der Waals surface area contributed by atoms with Gasteiger partial charge in [0.15, 0.2) is 17.5 Å². The first-order chi connectivity index (χ1) is 29.7. The minimum Gasteiger partial charge on any atom is -0.208 e. The molecule has 1 heterocycles. The second kappa shape index (κ2) is 15.1. The minimum atomic E-state index is 0.627. The van der Waals surface area contributed by atoms with E-state index in [4.69, 9.17) is 15.0 Å². The van der Waals surface area contributed by atoms with Crippen LogP contribution in [0.15, 0.2) is 224 Å². The second-order valence-electron chi connectivity index (χ2n) is 15.3. The molecule has 3 heteroatoms. The summed E-state index contributed by atoms with van der Waals surface area (Å²) in [5.41, 5.74) is 12.1. The van der Waals surface area contributed by atoms with Crippen LogP contribution in [-0.2, 0) is 0 Å². The molecule has 0 aliphatic heterocycles. The molecule has 0 saturated heterocycles. The van der Waals surface area contributed by atoms with Gasteiger partial charge in [-0.15, -0.1) is 0 Å². The van der Waals surface area contributed by atoms with Crippen molar-refractivity contribution in [3.05, 3.63) is 224 Å². The molecule has 0 atom stereocenters. The van der Waals surface area contributed by atoms with Gasteiger partial charge >= 0.3 is 0 Å². The Balaban J connectivity index is 0.976. The number of benzene rings is 10. The summed E-state index contributed by atoms with van der Waals surface area (Å²) in [6.45, 7) is 0.